The standard InChI is InChI=1S/C22H36O3/c1-14(23)19-7-8-20-18-6-5-15-13-22(24-3,25-4)12-10-16(15)17(18)9-11-21(19,20)2/h15-20H,5-13H2,1-4H3/t15?,16-,17?,18?,19+,20?,21+/m0/s1. The van der Waals surface area contributed by atoms with E-state index in [1.807, 2.05) is 21.1 Å². The predicted molar refractivity (Wildman–Crippen MR) is 98.0 cm³/mol. The van der Waals surface area contributed by atoms with E-state index >= 15 is 0 Å². The first-order valence-electron chi connectivity index (χ1n) is 10.5. The molecule has 3 heteroatoms. The minimum absolute atomic E-state index is 0.289. The molecule has 142 valence electrons. The third-order valence-electron chi connectivity index (χ3n) is 9.19. The van der Waals surface area contributed by atoms with Crippen LogP contribution >= 0.6 is 0 Å². The average Bonchev–Trinajstić information content (AvgIpc) is 2.98. The van der Waals surface area contributed by atoms with Gasteiger partial charge in [-0.05, 0) is 86.9 Å². The van der Waals surface area contributed by atoms with Crippen LogP contribution in [0.2, 0.25) is 0 Å². The van der Waals surface area contributed by atoms with Crippen LogP contribution in [0.25, 0.3) is 0 Å². The molecular weight excluding hydrogens is 312 g/mol. The van der Waals surface area contributed by atoms with Gasteiger partial charge in [0, 0.05) is 33.0 Å². The van der Waals surface area contributed by atoms with Crippen LogP contribution in [0.15, 0.2) is 0 Å². The normalized spacial score (nSPS) is 48.3. The van der Waals surface area contributed by atoms with Gasteiger partial charge in [-0.1, -0.05) is 6.92 Å². The van der Waals surface area contributed by atoms with E-state index in [4.69, 9.17) is 9.47 Å². The minimum Gasteiger partial charge on any atom is -0.353 e. The number of carbonyl (C=O) groups excluding carboxylic acids is 1. The molecule has 25 heavy (non-hydrogen) atoms. The van der Waals surface area contributed by atoms with Crippen LogP contribution in [0.3, 0.4) is 0 Å². The third kappa shape index (κ3) is 2.64. The fraction of sp³-hybridized carbons (Fsp3) is 0.955. The molecule has 7 atom stereocenters. The summed E-state index contributed by atoms with van der Waals surface area (Å²) in [4.78, 5) is 12.2. The largest absolute Gasteiger partial charge is 0.353 e. The number of methoxy groups -OCH3 is 2. The Hall–Kier alpha value is -0.410. The average molecular weight is 349 g/mol. The van der Waals surface area contributed by atoms with Crippen LogP contribution in [-0.2, 0) is 14.3 Å². The van der Waals surface area contributed by atoms with Crippen molar-refractivity contribution < 1.29 is 14.3 Å². The number of ether oxygens (including phenoxy) is 2. The molecule has 0 aliphatic heterocycles. The zero-order valence-corrected chi connectivity index (χ0v) is 16.6. The molecule has 4 saturated carbocycles. The Balaban J connectivity index is 1.53. The van der Waals surface area contributed by atoms with E-state index in [-0.39, 0.29) is 11.2 Å². The third-order valence-corrected chi connectivity index (χ3v) is 9.19. The Bertz CT molecular complexity index is 525. The molecule has 4 aliphatic carbocycles. The second-order valence-electron chi connectivity index (χ2n) is 9.78. The lowest BCUT2D eigenvalue weighted by Gasteiger charge is -2.57. The Morgan fingerprint density at radius 2 is 1.60 bits per heavy atom. The summed E-state index contributed by atoms with van der Waals surface area (Å²) in [6.07, 6.45) is 11.1. The van der Waals surface area contributed by atoms with Gasteiger partial charge in [0.2, 0.25) is 0 Å². The molecular formula is C22H36O3. The molecule has 0 radical (unpaired) electrons. The number of carbonyl (C=O) groups is 1. The molecule has 0 N–H and O–H groups in total. The molecule has 4 rings (SSSR count). The lowest BCUT2D eigenvalue weighted by atomic mass is 9.49. The number of ketones is 1. The van der Waals surface area contributed by atoms with Gasteiger partial charge in [0.05, 0.1) is 0 Å². The maximum atomic E-state index is 12.2. The highest BCUT2D eigenvalue weighted by molar-refractivity contribution is 5.79. The van der Waals surface area contributed by atoms with Gasteiger partial charge in [-0.2, -0.15) is 0 Å². The number of rotatable bonds is 3. The van der Waals surface area contributed by atoms with E-state index in [1.54, 1.807) is 0 Å². The molecule has 4 aliphatic rings. The van der Waals surface area contributed by atoms with Crippen molar-refractivity contribution in [2.75, 3.05) is 14.2 Å². The van der Waals surface area contributed by atoms with E-state index in [0.717, 1.165) is 48.9 Å². The summed E-state index contributed by atoms with van der Waals surface area (Å²) in [6.45, 7) is 4.28. The van der Waals surface area contributed by atoms with Crippen molar-refractivity contribution in [2.24, 2.45) is 40.9 Å². The molecule has 0 saturated heterocycles. The van der Waals surface area contributed by atoms with E-state index in [2.05, 4.69) is 6.92 Å². The lowest BCUT2D eigenvalue weighted by Crippen LogP contribution is -2.52. The Morgan fingerprint density at radius 1 is 0.880 bits per heavy atom. The summed E-state index contributed by atoms with van der Waals surface area (Å²) < 4.78 is 11.6. The van der Waals surface area contributed by atoms with Gasteiger partial charge in [0.1, 0.15) is 5.78 Å². The first kappa shape index (κ1) is 18.0. The zero-order valence-electron chi connectivity index (χ0n) is 16.6. The zero-order chi connectivity index (χ0) is 17.8. The summed E-state index contributed by atoms with van der Waals surface area (Å²) in [5.41, 5.74) is 0.289. The van der Waals surface area contributed by atoms with Gasteiger partial charge in [-0.15, -0.1) is 0 Å². The highest BCUT2D eigenvalue weighted by atomic mass is 16.7. The maximum absolute atomic E-state index is 12.2. The fourth-order valence-electron chi connectivity index (χ4n) is 7.95. The summed E-state index contributed by atoms with van der Waals surface area (Å²) in [7, 11) is 3.61. The second kappa shape index (κ2) is 6.34. The number of fused-ring (bicyclic) bond motifs is 5. The fourth-order valence-corrected chi connectivity index (χ4v) is 7.95. The molecule has 4 fully saturated rings. The highest BCUT2D eigenvalue weighted by Crippen LogP contribution is 2.64. The van der Waals surface area contributed by atoms with Crippen LogP contribution in [0, 0.1) is 40.9 Å². The highest BCUT2D eigenvalue weighted by Gasteiger charge is 2.58. The first-order chi connectivity index (χ1) is 11.9. The molecule has 0 aromatic heterocycles. The van der Waals surface area contributed by atoms with Crippen LogP contribution in [0.5, 0.6) is 0 Å². The number of Topliss-reactive ketones (excluding diaryl/α,β-unsaturated/α-hetero) is 1. The summed E-state index contributed by atoms with van der Waals surface area (Å²) >= 11 is 0. The first-order valence-corrected chi connectivity index (χ1v) is 10.5. The maximum Gasteiger partial charge on any atom is 0.167 e. The minimum atomic E-state index is -0.329. The van der Waals surface area contributed by atoms with Gasteiger partial charge >= 0.3 is 0 Å². The predicted octanol–water partition coefficient (Wildman–Crippen LogP) is 4.83. The van der Waals surface area contributed by atoms with Crippen LogP contribution in [-0.4, -0.2) is 25.8 Å². The molecule has 4 unspecified atom stereocenters. The van der Waals surface area contributed by atoms with Crippen molar-refractivity contribution in [3.8, 4) is 0 Å². The van der Waals surface area contributed by atoms with E-state index in [9.17, 15) is 4.79 Å². The smallest absolute Gasteiger partial charge is 0.167 e. The van der Waals surface area contributed by atoms with Crippen molar-refractivity contribution in [3.63, 3.8) is 0 Å². The van der Waals surface area contributed by atoms with Gasteiger partial charge in [-0.25, -0.2) is 0 Å². The SMILES string of the molecule is COC1(OC)CC[C@H]2C(CCC3C2CC[C@@]2(C)C3CC[C@@H]2C(C)=O)C1. The van der Waals surface area contributed by atoms with Crippen LogP contribution in [0.4, 0.5) is 0 Å². The Morgan fingerprint density at radius 3 is 2.28 bits per heavy atom. The lowest BCUT2D eigenvalue weighted by molar-refractivity contribution is -0.247. The Labute approximate surface area is 153 Å². The topological polar surface area (TPSA) is 35.5 Å². The summed E-state index contributed by atoms with van der Waals surface area (Å²) in [5.74, 6) is 4.61. The van der Waals surface area contributed by atoms with E-state index in [0.29, 0.717) is 11.7 Å². The monoisotopic (exact) mass is 348 g/mol. The second-order valence-corrected chi connectivity index (χ2v) is 9.78. The van der Waals surface area contributed by atoms with Gasteiger partial charge < -0.3 is 9.47 Å². The molecule has 3 nitrogen and oxygen atoms in total. The number of hydrogen-bond donors (Lipinski definition) is 0. The quantitative estimate of drug-likeness (QED) is 0.685. The van der Waals surface area contributed by atoms with Crippen molar-refractivity contribution in [3.05, 3.63) is 0 Å². The van der Waals surface area contributed by atoms with Gasteiger partial charge in [-0.3, -0.25) is 4.79 Å². The van der Waals surface area contributed by atoms with Gasteiger partial charge in [0.15, 0.2) is 5.79 Å². The summed E-state index contributed by atoms with van der Waals surface area (Å²) in [6, 6.07) is 0. The molecule has 0 spiro atoms. The van der Waals surface area contributed by atoms with Crippen LogP contribution in [0.1, 0.15) is 71.6 Å². The molecule has 0 aromatic rings. The number of hydrogen-bond acceptors (Lipinski definition) is 3. The molecule has 0 amide bonds. The van der Waals surface area contributed by atoms with Crippen molar-refractivity contribution in [1.82, 2.24) is 0 Å². The van der Waals surface area contributed by atoms with Crippen LogP contribution < -0.4 is 0 Å². The molecule has 0 bridgehead atoms. The Kier molecular flexibility index (Phi) is 4.56. The molecule has 0 aromatic carbocycles. The molecule has 0 heterocycles. The summed E-state index contributed by atoms with van der Waals surface area (Å²) in [5, 5.41) is 0. The van der Waals surface area contributed by atoms with Crippen molar-refractivity contribution >= 4 is 5.78 Å². The van der Waals surface area contributed by atoms with Gasteiger partial charge in [0.25, 0.3) is 0 Å². The van der Waals surface area contributed by atoms with Crippen molar-refractivity contribution in [1.29, 1.82) is 0 Å². The van der Waals surface area contributed by atoms with Crippen molar-refractivity contribution in [2.45, 2.75) is 77.4 Å². The van der Waals surface area contributed by atoms with E-state index in [1.165, 1.54) is 38.5 Å². The van der Waals surface area contributed by atoms with E-state index < -0.39 is 0 Å².